The van der Waals surface area contributed by atoms with Crippen LogP contribution in [-0.4, -0.2) is 34.0 Å². The highest BCUT2D eigenvalue weighted by atomic mass is 16.6. The molecule has 1 aliphatic carbocycles. The molecule has 1 saturated carbocycles. The highest BCUT2D eigenvalue weighted by Crippen LogP contribution is 2.39. The number of hydrogen-bond acceptors (Lipinski definition) is 5. The van der Waals surface area contributed by atoms with Crippen LogP contribution in [0.3, 0.4) is 0 Å². The lowest BCUT2D eigenvalue weighted by atomic mass is 9.87. The topological polar surface area (TPSA) is 90.6 Å². The first-order valence-corrected chi connectivity index (χ1v) is 4.53. The van der Waals surface area contributed by atoms with Crippen LogP contribution < -0.4 is 0 Å². The first-order chi connectivity index (χ1) is 6.50. The fourth-order valence-electron chi connectivity index (χ4n) is 1.68. The number of carbonyl (C=O) groups excluding carboxylic acids is 1. The standard InChI is InChI=1S/C9H13NO4/c1-2-14-7(11)9(13)5-3-4-8(9,12)6-10/h12-13H,2-5H2,1H3. The number of nitrogens with zero attached hydrogens (tertiary/aromatic N) is 1. The van der Waals surface area contributed by atoms with Crippen LogP contribution in [-0.2, 0) is 9.53 Å². The van der Waals surface area contributed by atoms with Crippen molar-refractivity contribution in [3.8, 4) is 6.07 Å². The van der Waals surface area contributed by atoms with Crippen LogP contribution >= 0.6 is 0 Å². The predicted octanol–water partition coefficient (Wildman–Crippen LogP) is -0.281. The third kappa shape index (κ3) is 1.37. The Morgan fingerprint density at radius 1 is 1.57 bits per heavy atom. The zero-order valence-corrected chi connectivity index (χ0v) is 7.99. The quantitative estimate of drug-likeness (QED) is 0.471. The van der Waals surface area contributed by atoms with Gasteiger partial charge < -0.3 is 14.9 Å². The number of esters is 1. The molecule has 0 aromatic heterocycles. The van der Waals surface area contributed by atoms with E-state index >= 15 is 0 Å². The van der Waals surface area contributed by atoms with E-state index in [1.807, 2.05) is 0 Å². The fourth-order valence-corrected chi connectivity index (χ4v) is 1.68. The highest BCUT2D eigenvalue weighted by Gasteiger charge is 2.60. The Bertz CT molecular complexity index is 285. The van der Waals surface area contributed by atoms with Gasteiger partial charge in [-0.05, 0) is 26.2 Å². The lowest BCUT2D eigenvalue weighted by molar-refractivity contribution is -0.181. The molecule has 14 heavy (non-hydrogen) atoms. The van der Waals surface area contributed by atoms with Crippen LogP contribution in [0.5, 0.6) is 0 Å². The van der Waals surface area contributed by atoms with Crippen LogP contribution in [0.2, 0.25) is 0 Å². The van der Waals surface area contributed by atoms with Crippen molar-refractivity contribution in [3.63, 3.8) is 0 Å². The Morgan fingerprint density at radius 2 is 2.21 bits per heavy atom. The molecule has 0 radical (unpaired) electrons. The van der Waals surface area contributed by atoms with E-state index in [0.29, 0.717) is 6.42 Å². The van der Waals surface area contributed by atoms with Crippen molar-refractivity contribution in [1.82, 2.24) is 0 Å². The van der Waals surface area contributed by atoms with Crippen LogP contribution in [0.4, 0.5) is 0 Å². The molecule has 0 bridgehead atoms. The number of carbonyl (C=O) groups is 1. The minimum Gasteiger partial charge on any atom is -0.464 e. The van der Waals surface area contributed by atoms with Gasteiger partial charge >= 0.3 is 5.97 Å². The maximum absolute atomic E-state index is 11.4. The van der Waals surface area contributed by atoms with Gasteiger partial charge in [-0.25, -0.2) is 4.79 Å². The van der Waals surface area contributed by atoms with E-state index < -0.39 is 17.2 Å². The van der Waals surface area contributed by atoms with Gasteiger partial charge in [0.25, 0.3) is 0 Å². The number of ether oxygens (including phenoxy) is 1. The molecule has 5 heteroatoms. The summed E-state index contributed by atoms with van der Waals surface area (Å²) in [5, 5.41) is 28.3. The zero-order valence-electron chi connectivity index (χ0n) is 7.99. The van der Waals surface area contributed by atoms with Crippen molar-refractivity contribution in [2.75, 3.05) is 6.61 Å². The number of aliphatic hydroxyl groups is 2. The lowest BCUT2D eigenvalue weighted by Gasteiger charge is -2.29. The second kappa shape index (κ2) is 3.56. The largest absolute Gasteiger partial charge is 0.464 e. The minimum atomic E-state index is -2.06. The van der Waals surface area contributed by atoms with E-state index in [0.717, 1.165) is 0 Å². The normalized spacial score (nSPS) is 36.4. The Hall–Kier alpha value is -1.12. The smallest absolute Gasteiger partial charge is 0.342 e. The van der Waals surface area contributed by atoms with Gasteiger partial charge in [0, 0.05) is 0 Å². The van der Waals surface area contributed by atoms with Gasteiger partial charge in [0.05, 0.1) is 6.61 Å². The van der Waals surface area contributed by atoms with E-state index in [2.05, 4.69) is 4.74 Å². The second-order valence-corrected chi connectivity index (χ2v) is 3.41. The van der Waals surface area contributed by atoms with Crippen LogP contribution in [0.15, 0.2) is 0 Å². The summed E-state index contributed by atoms with van der Waals surface area (Å²) in [5.74, 6) is -0.915. The Morgan fingerprint density at radius 3 is 2.71 bits per heavy atom. The molecule has 0 heterocycles. The van der Waals surface area contributed by atoms with Gasteiger partial charge in [-0.3, -0.25) is 0 Å². The summed E-state index contributed by atoms with van der Waals surface area (Å²) >= 11 is 0. The summed E-state index contributed by atoms with van der Waals surface area (Å²) in [5.41, 5.74) is -4.06. The van der Waals surface area contributed by atoms with Crippen molar-refractivity contribution in [2.24, 2.45) is 0 Å². The van der Waals surface area contributed by atoms with Crippen LogP contribution in [0, 0.1) is 11.3 Å². The van der Waals surface area contributed by atoms with Crippen molar-refractivity contribution >= 4 is 5.97 Å². The summed E-state index contributed by atoms with van der Waals surface area (Å²) in [7, 11) is 0. The first kappa shape index (κ1) is 11.0. The second-order valence-electron chi connectivity index (χ2n) is 3.41. The van der Waals surface area contributed by atoms with E-state index in [1.165, 1.54) is 0 Å². The summed E-state index contributed by atoms with van der Waals surface area (Å²) in [4.78, 5) is 11.4. The molecule has 0 spiro atoms. The molecule has 2 atom stereocenters. The van der Waals surface area contributed by atoms with Crippen molar-refractivity contribution in [2.45, 2.75) is 37.4 Å². The van der Waals surface area contributed by atoms with E-state index in [4.69, 9.17) is 5.26 Å². The van der Waals surface area contributed by atoms with Gasteiger partial charge in [0.15, 0.2) is 5.60 Å². The number of hydrogen-bond donors (Lipinski definition) is 2. The molecule has 1 fully saturated rings. The maximum Gasteiger partial charge on any atom is 0.342 e. The molecule has 0 aliphatic heterocycles. The minimum absolute atomic E-state index is 0.0654. The fraction of sp³-hybridized carbons (Fsp3) is 0.778. The molecule has 0 aromatic carbocycles. The van der Waals surface area contributed by atoms with Gasteiger partial charge in [0.2, 0.25) is 5.60 Å². The molecule has 1 aliphatic rings. The van der Waals surface area contributed by atoms with Crippen molar-refractivity contribution < 1.29 is 19.7 Å². The predicted molar refractivity (Wildman–Crippen MR) is 46.0 cm³/mol. The third-order valence-corrected chi connectivity index (χ3v) is 2.56. The first-order valence-electron chi connectivity index (χ1n) is 4.53. The average molecular weight is 199 g/mol. The Balaban J connectivity index is 2.93. The van der Waals surface area contributed by atoms with Crippen molar-refractivity contribution in [3.05, 3.63) is 0 Å². The van der Waals surface area contributed by atoms with Crippen LogP contribution in [0.1, 0.15) is 26.2 Å². The number of rotatable bonds is 2. The van der Waals surface area contributed by atoms with Gasteiger partial charge in [0.1, 0.15) is 6.07 Å². The Kier molecular flexibility index (Phi) is 2.79. The van der Waals surface area contributed by atoms with Gasteiger partial charge in [-0.2, -0.15) is 5.26 Å². The molecule has 2 N–H and O–H groups in total. The molecule has 0 saturated heterocycles. The third-order valence-electron chi connectivity index (χ3n) is 2.56. The van der Waals surface area contributed by atoms with E-state index in [-0.39, 0.29) is 19.4 Å². The summed E-state index contributed by atoms with van der Waals surface area (Å²) in [6.07, 6.45) is 0.591. The maximum atomic E-state index is 11.4. The monoisotopic (exact) mass is 199 g/mol. The molecular formula is C9H13NO4. The molecule has 1 rings (SSSR count). The number of nitriles is 1. The Labute approximate surface area is 81.9 Å². The average Bonchev–Trinajstić information content (AvgIpc) is 2.46. The summed E-state index contributed by atoms with van der Waals surface area (Å²) < 4.78 is 4.63. The van der Waals surface area contributed by atoms with Crippen LogP contribution in [0.25, 0.3) is 0 Å². The summed E-state index contributed by atoms with van der Waals surface area (Å²) in [6.45, 7) is 1.71. The summed E-state index contributed by atoms with van der Waals surface area (Å²) in [6, 6.07) is 1.57. The molecule has 0 aromatic rings. The zero-order chi connectivity index (χ0) is 10.8. The lowest BCUT2D eigenvalue weighted by Crippen LogP contribution is -2.55. The SMILES string of the molecule is CCOC(=O)C1(O)CCCC1(O)C#N. The van der Waals surface area contributed by atoms with E-state index in [1.54, 1.807) is 13.0 Å². The van der Waals surface area contributed by atoms with E-state index in [9.17, 15) is 15.0 Å². The molecule has 78 valence electrons. The highest BCUT2D eigenvalue weighted by molar-refractivity contribution is 5.82. The molecular weight excluding hydrogens is 186 g/mol. The molecule has 0 amide bonds. The molecule has 2 unspecified atom stereocenters. The van der Waals surface area contributed by atoms with Gasteiger partial charge in [-0.1, -0.05) is 0 Å². The van der Waals surface area contributed by atoms with Crippen molar-refractivity contribution in [1.29, 1.82) is 5.26 Å². The molecule has 5 nitrogen and oxygen atoms in total. The van der Waals surface area contributed by atoms with Gasteiger partial charge in [-0.15, -0.1) is 0 Å².